The van der Waals surface area contributed by atoms with Crippen LogP contribution in [0.15, 0.2) is 212 Å². The van der Waals surface area contributed by atoms with Gasteiger partial charge >= 0.3 is 431 Å². The molecule has 17 aromatic rings. The summed E-state index contributed by atoms with van der Waals surface area (Å²) in [5.74, 6) is -0.713. The quantitative estimate of drug-likeness (QED) is 0.0554. The van der Waals surface area contributed by atoms with E-state index in [1.165, 1.54) is 93.5 Å². The Balaban J connectivity index is 0.934. The summed E-state index contributed by atoms with van der Waals surface area (Å²) < 4.78 is 53.3. The van der Waals surface area contributed by atoms with Crippen LogP contribution in [0.5, 0.6) is 0 Å². The monoisotopic (exact) mass is 1340 g/mol. The van der Waals surface area contributed by atoms with Gasteiger partial charge in [-0.3, -0.25) is 0 Å². The Morgan fingerprint density at radius 3 is 1.16 bits per heavy atom. The predicted octanol–water partition coefficient (Wildman–Crippen LogP) is 16.5. The first-order valence-corrected chi connectivity index (χ1v) is 35.4. The average Bonchev–Trinajstić information content (AvgIpc) is 1.56. The van der Waals surface area contributed by atoms with Crippen LogP contribution >= 0.6 is 0 Å². The van der Waals surface area contributed by atoms with E-state index in [9.17, 15) is 8.78 Å². The molecule has 0 spiro atoms. The van der Waals surface area contributed by atoms with Gasteiger partial charge in [0.1, 0.15) is 0 Å². The van der Waals surface area contributed by atoms with Crippen molar-refractivity contribution in [3.63, 3.8) is 0 Å². The second-order valence-corrected chi connectivity index (χ2v) is 29.7. The van der Waals surface area contributed by atoms with Crippen molar-refractivity contribution in [3.05, 3.63) is 258 Å². The number of hydrogen-bond donors (Lipinski definition) is 0. The van der Waals surface area contributed by atoms with Crippen molar-refractivity contribution >= 4 is 108 Å². The average molecular weight is 1350 g/mol. The molecule has 87 heavy (non-hydrogen) atoms. The van der Waals surface area contributed by atoms with Gasteiger partial charge in [0.15, 0.2) is 0 Å². The van der Waals surface area contributed by atoms with Gasteiger partial charge in [-0.25, -0.2) is 8.78 Å². The maximum atomic E-state index is 18.2. The molecule has 2 aliphatic rings. The zero-order valence-corrected chi connectivity index (χ0v) is 51.7. The first-order valence-electron chi connectivity index (χ1n) is 30.2. The predicted molar refractivity (Wildman–Crippen MR) is 351 cm³/mol. The van der Waals surface area contributed by atoms with Crippen molar-refractivity contribution in [1.29, 1.82) is 0 Å². The molecule has 0 amide bonds. The topological polar surface area (TPSA) is 0 Å². The first kappa shape index (κ1) is 50.5. The summed E-state index contributed by atoms with van der Waals surface area (Å²) in [4.78, 5) is 0. The van der Waals surface area contributed by atoms with Gasteiger partial charge in [0, 0.05) is 0 Å². The van der Waals surface area contributed by atoms with Gasteiger partial charge in [-0.05, 0) is 11.1 Å². The van der Waals surface area contributed by atoms with E-state index >= 15 is 4.39 Å². The summed E-state index contributed by atoms with van der Waals surface area (Å²) in [6.07, 6.45) is 2.21. The van der Waals surface area contributed by atoms with Crippen molar-refractivity contribution in [2.24, 2.45) is 0 Å². The number of rotatable bonds is 10. The molecule has 0 radical (unpaired) electrons. The van der Waals surface area contributed by atoms with Crippen LogP contribution in [-0.2, 0) is 0 Å². The fraction of sp³-hybridized carbons (Fsp3) is 0.0732. The standard InChI is InChI=1S/C82H49F3I2/c1-3-39-86-81-77-58-32-29-52-53-30-31-54-66-48(42-13-7-5-8-14-42)27-28-49(43-15-9-6-10-16-43)67(66)62-41-63(85)73(74(53)72(54)62)55-33-36-59(70(58)68(52)55)78(77)82(87-40-4-2)80-61-38-35-57-69-56(34-37-60(71(61)69)79(80)81)75-64(44-19-23-46(83)24-20-44)50-17-11-12-18-51(50)65(76(57)75)45-21-25-47(84)26-22-45/h5-38,41H,3-4,39-40H2,1-2H3/q-2. The number of halogens is 5. The molecule has 0 fully saturated rings. The molecule has 0 heterocycles. The summed E-state index contributed by atoms with van der Waals surface area (Å²) in [5.41, 5.74) is 13.3. The van der Waals surface area contributed by atoms with Gasteiger partial charge in [-0.15, -0.1) is 0 Å². The summed E-state index contributed by atoms with van der Waals surface area (Å²) in [6, 6.07) is 74.0. The van der Waals surface area contributed by atoms with Gasteiger partial charge in [0.2, 0.25) is 0 Å². The third kappa shape index (κ3) is 6.69. The van der Waals surface area contributed by atoms with Crippen molar-refractivity contribution in [2.75, 3.05) is 8.86 Å². The van der Waals surface area contributed by atoms with Crippen molar-refractivity contribution in [1.82, 2.24) is 0 Å². The van der Waals surface area contributed by atoms with Crippen LogP contribution < -0.4 is 42.4 Å². The van der Waals surface area contributed by atoms with Crippen molar-refractivity contribution < 1.29 is 55.6 Å². The molecule has 0 bridgehead atoms. The molecule has 0 saturated carbocycles. The Morgan fingerprint density at radius 2 is 0.667 bits per heavy atom. The van der Waals surface area contributed by atoms with Gasteiger partial charge in [-0.2, -0.15) is 0 Å². The Labute approximate surface area is 519 Å². The zero-order valence-electron chi connectivity index (χ0n) is 47.4. The fourth-order valence-corrected chi connectivity index (χ4v) is 22.1. The summed E-state index contributed by atoms with van der Waals surface area (Å²) in [7, 11) is 0. The Hall–Kier alpha value is -8.63. The Bertz CT molecular complexity index is 5890. The molecule has 0 nitrogen and oxygen atoms in total. The molecule has 414 valence electrons. The Morgan fingerprint density at radius 1 is 0.276 bits per heavy atom. The molecular formula is C82H49F3I2-2. The molecule has 2 aliphatic carbocycles. The van der Waals surface area contributed by atoms with E-state index in [0.29, 0.717) is 5.39 Å². The molecular weight excluding hydrogens is 1300 g/mol. The minimum atomic E-state index is -0.487. The second kappa shape index (κ2) is 18.7. The molecule has 0 aromatic heterocycles. The number of benzene rings is 15. The zero-order chi connectivity index (χ0) is 57.7. The van der Waals surface area contributed by atoms with Crippen molar-refractivity contribution in [2.45, 2.75) is 26.7 Å². The molecule has 0 saturated heterocycles. The first-order chi connectivity index (χ1) is 42.9. The second-order valence-electron chi connectivity index (χ2n) is 23.8. The third-order valence-electron chi connectivity index (χ3n) is 19.3. The van der Waals surface area contributed by atoms with Crippen LogP contribution in [0.2, 0.25) is 0 Å². The normalized spacial score (nSPS) is 12.8. The molecule has 0 aliphatic heterocycles. The van der Waals surface area contributed by atoms with Gasteiger partial charge in [-0.1, -0.05) is 72.8 Å². The van der Waals surface area contributed by atoms with E-state index in [1.807, 2.05) is 30.3 Å². The van der Waals surface area contributed by atoms with Gasteiger partial charge < -0.3 is 0 Å². The number of alkyl halides is 2. The molecule has 5 heteroatoms. The summed E-state index contributed by atoms with van der Waals surface area (Å²) in [6.45, 7) is 4.67. The van der Waals surface area contributed by atoms with Gasteiger partial charge in [0.05, 0.1) is 0 Å². The minimum absolute atomic E-state index is 0.177. The molecule has 0 atom stereocenters. The Kier molecular flexibility index (Phi) is 10.9. The number of fused-ring (bicyclic) bond motifs is 13. The van der Waals surface area contributed by atoms with Crippen LogP contribution in [0, 0.1) is 45.5 Å². The van der Waals surface area contributed by atoms with E-state index in [-0.39, 0.29) is 17.5 Å². The van der Waals surface area contributed by atoms with Crippen molar-refractivity contribution in [3.8, 4) is 66.8 Å². The third-order valence-corrected chi connectivity index (χ3v) is 26.3. The summed E-state index contributed by atoms with van der Waals surface area (Å²) in [5, 5.41) is 28.6. The van der Waals surface area contributed by atoms with Crippen LogP contribution in [0.25, 0.3) is 174 Å². The molecule has 19 rings (SSSR count). The van der Waals surface area contributed by atoms with E-state index < -0.39 is 42.4 Å². The van der Waals surface area contributed by atoms with E-state index in [2.05, 4.69) is 172 Å². The summed E-state index contributed by atoms with van der Waals surface area (Å²) >= 11 is -0.974. The molecule has 17 aromatic carbocycles. The molecule has 0 N–H and O–H groups in total. The maximum absolute atomic E-state index is 18.2. The van der Waals surface area contributed by atoms with Gasteiger partial charge in [0.25, 0.3) is 0 Å². The van der Waals surface area contributed by atoms with Crippen LogP contribution in [0.1, 0.15) is 26.7 Å². The van der Waals surface area contributed by atoms with E-state index in [1.54, 1.807) is 24.3 Å². The number of hydrogen-bond acceptors (Lipinski definition) is 0. The fourth-order valence-electron chi connectivity index (χ4n) is 16.1. The van der Waals surface area contributed by atoms with Crippen LogP contribution in [0.3, 0.4) is 0 Å². The van der Waals surface area contributed by atoms with Crippen LogP contribution in [0.4, 0.5) is 13.2 Å². The SMILES string of the molecule is CCC[I-]c1c2c3ccc4c5c(ccc(c2c([I-]CCC)c2c6ccc7c8c(F)cc9c%10c(ccc(c%11ccc(c12)c6c%117)c%108)=c1c(-c2ccccc2)ccc(-c2ccccc2)c1=9)c53)-c1c-4c(-c2ccc(F)cc2)c2ccccc2c1-c1ccc(F)cc1. The van der Waals surface area contributed by atoms with E-state index in [0.717, 1.165) is 125 Å². The van der Waals surface area contributed by atoms with E-state index in [4.69, 9.17) is 0 Å². The van der Waals surface area contributed by atoms with Crippen LogP contribution in [-0.4, -0.2) is 8.86 Å². The molecule has 0 unspecified atom stereocenters.